The third-order valence-corrected chi connectivity index (χ3v) is 2.87. The Morgan fingerprint density at radius 1 is 1.46 bits per heavy atom. The van der Waals surface area contributed by atoms with Crippen molar-refractivity contribution in [3.63, 3.8) is 0 Å². The molecule has 0 N–H and O–H groups in total. The summed E-state index contributed by atoms with van der Waals surface area (Å²) >= 11 is 6.10. The summed E-state index contributed by atoms with van der Waals surface area (Å²) in [6.07, 6.45) is 0. The van der Waals surface area contributed by atoms with Crippen LogP contribution in [0.25, 0.3) is 0 Å². The molecule has 1 aliphatic rings. The fourth-order valence-corrected chi connectivity index (χ4v) is 2.00. The molecule has 0 saturated carbocycles. The van der Waals surface area contributed by atoms with Crippen LogP contribution >= 0.6 is 11.6 Å². The van der Waals surface area contributed by atoms with Gasteiger partial charge in [-0.05, 0) is 18.1 Å². The minimum atomic E-state index is 0.140. The number of benzene rings is 1. The van der Waals surface area contributed by atoms with Gasteiger partial charge < -0.3 is 4.74 Å². The van der Waals surface area contributed by atoms with Crippen molar-refractivity contribution in [1.29, 1.82) is 0 Å². The molecule has 13 heavy (non-hydrogen) atoms. The Morgan fingerprint density at radius 3 is 3.00 bits per heavy atom. The molecule has 2 rings (SSSR count). The Hall–Kier alpha value is -0.530. The summed E-state index contributed by atoms with van der Waals surface area (Å²) in [5.74, 6) is 0.353. The Morgan fingerprint density at radius 2 is 2.23 bits per heavy atom. The maximum atomic E-state index is 6.10. The average molecular weight is 197 g/mol. The molecular weight excluding hydrogens is 184 g/mol. The molecule has 2 heteroatoms. The second-order valence-corrected chi connectivity index (χ2v) is 4.19. The molecular formula is C11H13ClO. The Kier molecular flexibility index (Phi) is 2.56. The molecule has 0 spiro atoms. The topological polar surface area (TPSA) is 9.23 Å². The summed E-state index contributed by atoms with van der Waals surface area (Å²) in [5.41, 5.74) is 2.64. The minimum absolute atomic E-state index is 0.140. The van der Waals surface area contributed by atoms with Crippen LogP contribution < -0.4 is 0 Å². The second kappa shape index (κ2) is 3.69. The number of rotatable bonds is 1. The van der Waals surface area contributed by atoms with E-state index in [-0.39, 0.29) is 5.38 Å². The molecule has 1 aromatic rings. The van der Waals surface area contributed by atoms with Crippen LogP contribution in [0, 0.1) is 0 Å². The van der Waals surface area contributed by atoms with Gasteiger partial charge in [0.25, 0.3) is 0 Å². The molecule has 0 fully saturated rings. The van der Waals surface area contributed by atoms with Crippen LogP contribution in [0.15, 0.2) is 24.3 Å². The third-order valence-electron chi connectivity index (χ3n) is 2.56. The van der Waals surface area contributed by atoms with E-state index in [1.54, 1.807) is 0 Å². The molecule has 1 aromatic carbocycles. The summed E-state index contributed by atoms with van der Waals surface area (Å²) in [5, 5.41) is 0.140. The van der Waals surface area contributed by atoms with Gasteiger partial charge in [-0.2, -0.15) is 0 Å². The SMILES string of the molecule is CC(Cl)C1COCc2ccccc21. The largest absolute Gasteiger partial charge is 0.376 e. The summed E-state index contributed by atoms with van der Waals surface area (Å²) in [6, 6.07) is 8.38. The molecule has 0 amide bonds. The van der Waals surface area contributed by atoms with E-state index in [4.69, 9.17) is 16.3 Å². The van der Waals surface area contributed by atoms with Crippen molar-refractivity contribution in [2.45, 2.75) is 24.8 Å². The fraction of sp³-hybridized carbons (Fsp3) is 0.455. The van der Waals surface area contributed by atoms with Gasteiger partial charge in [0.1, 0.15) is 0 Å². The van der Waals surface area contributed by atoms with Crippen molar-refractivity contribution in [2.24, 2.45) is 0 Å². The minimum Gasteiger partial charge on any atom is -0.376 e. The second-order valence-electron chi connectivity index (χ2n) is 3.50. The highest BCUT2D eigenvalue weighted by Gasteiger charge is 2.23. The van der Waals surface area contributed by atoms with E-state index in [2.05, 4.69) is 18.2 Å². The molecule has 0 bridgehead atoms. The van der Waals surface area contributed by atoms with Crippen LogP contribution in [0.2, 0.25) is 0 Å². The van der Waals surface area contributed by atoms with Crippen molar-refractivity contribution in [2.75, 3.05) is 6.61 Å². The smallest absolute Gasteiger partial charge is 0.0719 e. The third kappa shape index (κ3) is 1.72. The first-order valence-electron chi connectivity index (χ1n) is 4.58. The number of fused-ring (bicyclic) bond motifs is 1. The van der Waals surface area contributed by atoms with Crippen molar-refractivity contribution >= 4 is 11.6 Å². The monoisotopic (exact) mass is 196 g/mol. The lowest BCUT2D eigenvalue weighted by Gasteiger charge is -2.27. The molecule has 1 aliphatic heterocycles. The van der Waals surface area contributed by atoms with Crippen LogP contribution in [0.3, 0.4) is 0 Å². The predicted molar refractivity (Wildman–Crippen MR) is 54.2 cm³/mol. The van der Waals surface area contributed by atoms with Gasteiger partial charge in [-0.3, -0.25) is 0 Å². The van der Waals surface area contributed by atoms with Crippen LogP contribution in [-0.4, -0.2) is 12.0 Å². The van der Waals surface area contributed by atoms with Crippen LogP contribution in [0.5, 0.6) is 0 Å². The van der Waals surface area contributed by atoms with Gasteiger partial charge >= 0.3 is 0 Å². The predicted octanol–water partition coefficient (Wildman–Crippen LogP) is 2.93. The molecule has 0 saturated heterocycles. The molecule has 2 atom stereocenters. The van der Waals surface area contributed by atoms with E-state index in [1.165, 1.54) is 11.1 Å². The Labute approximate surface area is 83.7 Å². The zero-order valence-corrected chi connectivity index (χ0v) is 8.42. The lowest BCUT2D eigenvalue weighted by molar-refractivity contribution is 0.0908. The van der Waals surface area contributed by atoms with Crippen LogP contribution in [-0.2, 0) is 11.3 Å². The van der Waals surface area contributed by atoms with E-state index in [0.29, 0.717) is 5.92 Å². The summed E-state index contributed by atoms with van der Waals surface area (Å²) < 4.78 is 5.49. The van der Waals surface area contributed by atoms with Crippen molar-refractivity contribution in [3.8, 4) is 0 Å². The molecule has 1 heterocycles. The standard InChI is InChI=1S/C11H13ClO/c1-8(12)11-7-13-6-9-4-2-3-5-10(9)11/h2-5,8,11H,6-7H2,1H3. The van der Waals surface area contributed by atoms with Gasteiger partial charge in [-0.25, -0.2) is 0 Å². The lowest BCUT2D eigenvalue weighted by Crippen LogP contribution is -2.22. The first kappa shape index (κ1) is 9.04. The molecule has 1 nitrogen and oxygen atoms in total. The highest BCUT2D eigenvalue weighted by atomic mass is 35.5. The first-order valence-corrected chi connectivity index (χ1v) is 5.02. The van der Waals surface area contributed by atoms with Gasteiger partial charge in [-0.1, -0.05) is 24.3 Å². The molecule has 2 unspecified atom stereocenters. The van der Waals surface area contributed by atoms with E-state index in [1.807, 2.05) is 13.0 Å². The van der Waals surface area contributed by atoms with Crippen molar-refractivity contribution in [1.82, 2.24) is 0 Å². The highest BCUT2D eigenvalue weighted by molar-refractivity contribution is 6.20. The number of alkyl halides is 1. The van der Waals surface area contributed by atoms with Crippen molar-refractivity contribution < 1.29 is 4.74 Å². The molecule has 0 aliphatic carbocycles. The first-order chi connectivity index (χ1) is 6.29. The number of hydrogen-bond donors (Lipinski definition) is 0. The average Bonchev–Trinajstić information content (AvgIpc) is 2.17. The Balaban J connectivity index is 2.37. The lowest BCUT2D eigenvalue weighted by atomic mass is 9.91. The summed E-state index contributed by atoms with van der Waals surface area (Å²) in [6.45, 7) is 3.51. The molecule has 0 aromatic heterocycles. The zero-order chi connectivity index (χ0) is 9.26. The fourth-order valence-electron chi connectivity index (χ4n) is 1.79. The summed E-state index contributed by atoms with van der Waals surface area (Å²) in [7, 11) is 0. The maximum absolute atomic E-state index is 6.10. The van der Waals surface area contributed by atoms with Gasteiger partial charge in [0.15, 0.2) is 0 Å². The summed E-state index contributed by atoms with van der Waals surface area (Å²) in [4.78, 5) is 0. The van der Waals surface area contributed by atoms with E-state index in [9.17, 15) is 0 Å². The highest BCUT2D eigenvalue weighted by Crippen LogP contribution is 2.31. The number of hydrogen-bond acceptors (Lipinski definition) is 1. The Bertz CT molecular complexity index is 296. The number of halogens is 1. The van der Waals surface area contributed by atoms with E-state index < -0.39 is 0 Å². The zero-order valence-electron chi connectivity index (χ0n) is 7.66. The maximum Gasteiger partial charge on any atom is 0.0719 e. The van der Waals surface area contributed by atoms with E-state index in [0.717, 1.165) is 13.2 Å². The molecule has 70 valence electrons. The van der Waals surface area contributed by atoms with Crippen molar-refractivity contribution in [3.05, 3.63) is 35.4 Å². The molecule has 0 radical (unpaired) electrons. The van der Waals surface area contributed by atoms with Gasteiger partial charge in [-0.15, -0.1) is 11.6 Å². The quantitative estimate of drug-likeness (QED) is 0.628. The number of ether oxygens (including phenoxy) is 1. The normalized spacial score (nSPS) is 23.7. The van der Waals surface area contributed by atoms with Gasteiger partial charge in [0.2, 0.25) is 0 Å². The van der Waals surface area contributed by atoms with E-state index >= 15 is 0 Å². The van der Waals surface area contributed by atoms with Crippen LogP contribution in [0.4, 0.5) is 0 Å². The van der Waals surface area contributed by atoms with Gasteiger partial charge in [0, 0.05) is 11.3 Å². The van der Waals surface area contributed by atoms with Crippen LogP contribution in [0.1, 0.15) is 24.0 Å². The van der Waals surface area contributed by atoms with Gasteiger partial charge in [0.05, 0.1) is 13.2 Å².